The first kappa shape index (κ1) is 20.2. The zero-order valence-corrected chi connectivity index (χ0v) is 16.3. The zero-order valence-electron chi connectivity index (χ0n) is 15.5. The SMILES string of the molecule is CC(=O)Nc1ccc(-c2csc(NC(=O)C(C)NC(=O)c3ccoc3)n2)c(F)c1. The van der Waals surface area contributed by atoms with E-state index < -0.39 is 23.7 Å². The second kappa shape index (κ2) is 8.65. The van der Waals surface area contributed by atoms with Crippen molar-refractivity contribution < 1.29 is 23.2 Å². The molecule has 3 N–H and O–H groups in total. The molecule has 0 spiro atoms. The maximum atomic E-state index is 14.3. The van der Waals surface area contributed by atoms with Crippen LogP contribution in [0.1, 0.15) is 24.2 Å². The molecule has 0 aliphatic carbocycles. The predicted octanol–water partition coefficient (Wildman–Crippen LogP) is 3.26. The standard InChI is InChI=1S/C19H17FN4O4S/c1-10(21-18(27)12-5-6-28-8-12)17(26)24-19-23-16(9-29-19)14-4-3-13(7-15(14)20)22-11(2)25/h3-10H,1-2H3,(H,21,27)(H,22,25)(H,23,24,26). The third-order valence-electron chi connectivity index (χ3n) is 3.82. The van der Waals surface area contributed by atoms with Crippen LogP contribution in [0, 0.1) is 5.82 Å². The van der Waals surface area contributed by atoms with Gasteiger partial charge in [-0.1, -0.05) is 0 Å². The lowest BCUT2D eigenvalue weighted by atomic mass is 10.1. The number of nitrogens with zero attached hydrogens (tertiary/aromatic N) is 1. The number of aromatic nitrogens is 1. The van der Waals surface area contributed by atoms with Crippen LogP contribution in [0.25, 0.3) is 11.3 Å². The lowest BCUT2D eigenvalue weighted by molar-refractivity contribution is -0.117. The van der Waals surface area contributed by atoms with E-state index in [1.807, 2.05) is 0 Å². The Labute approximate surface area is 169 Å². The fraction of sp³-hybridized carbons (Fsp3) is 0.158. The van der Waals surface area contributed by atoms with Crippen molar-refractivity contribution in [3.63, 3.8) is 0 Å². The van der Waals surface area contributed by atoms with Crippen LogP contribution in [0.2, 0.25) is 0 Å². The molecule has 29 heavy (non-hydrogen) atoms. The number of hydrogen-bond acceptors (Lipinski definition) is 6. The molecular weight excluding hydrogens is 399 g/mol. The molecule has 3 aromatic rings. The number of rotatable bonds is 6. The second-order valence-corrected chi connectivity index (χ2v) is 6.97. The van der Waals surface area contributed by atoms with Crippen LogP contribution in [0.4, 0.5) is 15.2 Å². The number of carbonyl (C=O) groups is 3. The summed E-state index contributed by atoms with van der Waals surface area (Å²) in [7, 11) is 0. The molecule has 150 valence electrons. The van der Waals surface area contributed by atoms with Crippen molar-refractivity contribution in [3.05, 3.63) is 53.6 Å². The fourth-order valence-electron chi connectivity index (χ4n) is 2.41. The molecule has 2 aromatic heterocycles. The zero-order chi connectivity index (χ0) is 21.0. The van der Waals surface area contributed by atoms with E-state index in [-0.39, 0.29) is 16.6 Å². The van der Waals surface area contributed by atoms with E-state index in [0.29, 0.717) is 16.9 Å². The number of furan rings is 1. The van der Waals surface area contributed by atoms with Gasteiger partial charge in [-0.05, 0) is 31.2 Å². The maximum Gasteiger partial charge on any atom is 0.255 e. The number of halogens is 1. The van der Waals surface area contributed by atoms with Gasteiger partial charge in [0.1, 0.15) is 18.1 Å². The Bertz CT molecular complexity index is 1050. The lowest BCUT2D eigenvalue weighted by Crippen LogP contribution is -2.41. The highest BCUT2D eigenvalue weighted by Crippen LogP contribution is 2.28. The number of hydrogen-bond donors (Lipinski definition) is 3. The molecule has 0 aliphatic heterocycles. The summed E-state index contributed by atoms with van der Waals surface area (Å²) in [4.78, 5) is 39.5. The summed E-state index contributed by atoms with van der Waals surface area (Å²) in [5.74, 6) is -1.77. The van der Waals surface area contributed by atoms with Gasteiger partial charge in [-0.3, -0.25) is 14.4 Å². The minimum absolute atomic E-state index is 0.233. The predicted molar refractivity (Wildman–Crippen MR) is 106 cm³/mol. The van der Waals surface area contributed by atoms with Gasteiger partial charge in [0.05, 0.1) is 17.5 Å². The van der Waals surface area contributed by atoms with Crippen molar-refractivity contribution >= 4 is 39.9 Å². The minimum Gasteiger partial charge on any atom is -0.472 e. The fourth-order valence-corrected chi connectivity index (χ4v) is 3.13. The van der Waals surface area contributed by atoms with Crippen LogP contribution in [0.15, 0.2) is 46.6 Å². The van der Waals surface area contributed by atoms with E-state index in [0.717, 1.165) is 11.3 Å². The average molecular weight is 416 g/mol. The van der Waals surface area contributed by atoms with Gasteiger partial charge < -0.3 is 20.4 Å². The third kappa shape index (κ3) is 5.05. The van der Waals surface area contributed by atoms with Crippen molar-refractivity contribution in [2.75, 3.05) is 10.6 Å². The van der Waals surface area contributed by atoms with Crippen molar-refractivity contribution in [2.45, 2.75) is 19.9 Å². The van der Waals surface area contributed by atoms with Crippen LogP contribution in [-0.4, -0.2) is 28.7 Å². The lowest BCUT2D eigenvalue weighted by Gasteiger charge is -2.12. The topological polar surface area (TPSA) is 113 Å². The molecule has 8 nitrogen and oxygen atoms in total. The Balaban J connectivity index is 1.64. The maximum absolute atomic E-state index is 14.3. The van der Waals surface area contributed by atoms with Gasteiger partial charge >= 0.3 is 0 Å². The quantitative estimate of drug-likeness (QED) is 0.571. The molecule has 1 atom stereocenters. The molecule has 0 aliphatic rings. The van der Waals surface area contributed by atoms with Crippen molar-refractivity contribution in [1.82, 2.24) is 10.3 Å². The largest absolute Gasteiger partial charge is 0.472 e. The van der Waals surface area contributed by atoms with Gasteiger partial charge in [-0.2, -0.15) is 0 Å². The molecule has 1 unspecified atom stereocenters. The minimum atomic E-state index is -0.821. The normalized spacial score (nSPS) is 11.6. The molecular formula is C19H17FN4O4S. The molecule has 0 radical (unpaired) electrons. The summed E-state index contributed by atoms with van der Waals surface area (Å²) in [5.41, 5.74) is 1.22. The van der Waals surface area contributed by atoms with Gasteiger partial charge in [0.15, 0.2) is 5.13 Å². The summed E-state index contributed by atoms with van der Waals surface area (Å²) < 4.78 is 19.2. The Morgan fingerprint density at radius 2 is 2.00 bits per heavy atom. The number of nitrogens with one attached hydrogen (secondary N) is 3. The summed E-state index contributed by atoms with van der Waals surface area (Å²) in [6, 6.07) is 4.92. The number of benzene rings is 1. The van der Waals surface area contributed by atoms with Gasteiger partial charge in [0.2, 0.25) is 11.8 Å². The van der Waals surface area contributed by atoms with E-state index in [2.05, 4.69) is 20.9 Å². The van der Waals surface area contributed by atoms with E-state index in [1.165, 1.54) is 44.6 Å². The van der Waals surface area contributed by atoms with E-state index in [4.69, 9.17) is 4.42 Å². The van der Waals surface area contributed by atoms with Gasteiger partial charge in [0, 0.05) is 23.6 Å². The van der Waals surface area contributed by atoms with Crippen molar-refractivity contribution in [2.24, 2.45) is 0 Å². The van der Waals surface area contributed by atoms with E-state index >= 15 is 0 Å². The van der Waals surface area contributed by atoms with Crippen molar-refractivity contribution in [3.8, 4) is 11.3 Å². The highest BCUT2D eigenvalue weighted by molar-refractivity contribution is 7.14. The first-order valence-corrected chi connectivity index (χ1v) is 9.38. The van der Waals surface area contributed by atoms with Crippen LogP contribution in [0.3, 0.4) is 0 Å². The van der Waals surface area contributed by atoms with Gasteiger partial charge in [-0.15, -0.1) is 11.3 Å². The molecule has 0 saturated carbocycles. The molecule has 0 fully saturated rings. The Hall–Kier alpha value is -3.53. The number of anilines is 2. The molecule has 10 heteroatoms. The molecule has 1 aromatic carbocycles. The molecule has 0 saturated heterocycles. The van der Waals surface area contributed by atoms with E-state index in [9.17, 15) is 18.8 Å². The first-order valence-electron chi connectivity index (χ1n) is 8.50. The summed E-state index contributed by atoms with van der Waals surface area (Å²) >= 11 is 1.12. The third-order valence-corrected chi connectivity index (χ3v) is 4.58. The summed E-state index contributed by atoms with van der Waals surface area (Å²) in [5, 5.41) is 9.49. The van der Waals surface area contributed by atoms with E-state index in [1.54, 1.807) is 11.4 Å². The monoisotopic (exact) mass is 416 g/mol. The average Bonchev–Trinajstić information content (AvgIpc) is 3.33. The summed E-state index contributed by atoms with van der Waals surface area (Å²) in [6.45, 7) is 2.86. The Morgan fingerprint density at radius 1 is 1.21 bits per heavy atom. The highest BCUT2D eigenvalue weighted by atomic mass is 32.1. The molecule has 0 bridgehead atoms. The molecule has 3 amide bonds. The van der Waals surface area contributed by atoms with Crippen LogP contribution in [-0.2, 0) is 9.59 Å². The smallest absolute Gasteiger partial charge is 0.255 e. The number of amides is 3. The van der Waals surface area contributed by atoms with Crippen LogP contribution in [0.5, 0.6) is 0 Å². The Kier molecular flexibility index (Phi) is 6.03. The highest BCUT2D eigenvalue weighted by Gasteiger charge is 2.19. The van der Waals surface area contributed by atoms with Gasteiger partial charge in [-0.25, -0.2) is 9.37 Å². The second-order valence-electron chi connectivity index (χ2n) is 6.11. The Morgan fingerprint density at radius 3 is 2.66 bits per heavy atom. The number of thiazole rings is 1. The van der Waals surface area contributed by atoms with Crippen LogP contribution >= 0.6 is 11.3 Å². The summed E-state index contributed by atoms with van der Waals surface area (Å²) in [6.07, 6.45) is 2.64. The van der Waals surface area contributed by atoms with Gasteiger partial charge in [0.25, 0.3) is 5.91 Å². The van der Waals surface area contributed by atoms with Crippen molar-refractivity contribution in [1.29, 1.82) is 0 Å². The van der Waals surface area contributed by atoms with Crippen LogP contribution < -0.4 is 16.0 Å². The molecule has 3 rings (SSSR count). The number of carbonyl (C=O) groups excluding carboxylic acids is 3. The molecule has 2 heterocycles. The first-order chi connectivity index (χ1) is 13.8.